The van der Waals surface area contributed by atoms with Gasteiger partial charge in [0.1, 0.15) is 0 Å². The van der Waals surface area contributed by atoms with E-state index in [0.29, 0.717) is 27.8 Å². The Bertz CT molecular complexity index is 522. The standard InChI is InChI=1S/C10H12Cl2N2O2S/c11-8-3-6(13)4-9(12)10(8)14-7-1-2-17(15,16)5-7/h3-4,7,14H,1-2,5,13H2. The first-order chi connectivity index (χ1) is 7.87. The van der Waals surface area contributed by atoms with E-state index in [-0.39, 0.29) is 17.5 Å². The molecule has 0 aromatic heterocycles. The Hall–Kier alpha value is -0.650. The highest BCUT2D eigenvalue weighted by molar-refractivity contribution is 7.91. The normalized spacial score (nSPS) is 22.6. The summed E-state index contributed by atoms with van der Waals surface area (Å²) in [7, 11) is -2.92. The van der Waals surface area contributed by atoms with Crippen molar-refractivity contribution >= 4 is 44.4 Å². The first kappa shape index (κ1) is 12.8. The number of anilines is 2. The molecule has 1 heterocycles. The van der Waals surface area contributed by atoms with Gasteiger partial charge in [-0.1, -0.05) is 23.2 Å². The second-order valence-electron chi connectivity index (χ2n) is 4.10. The molecule has 0 saturated carbocycles. The number of halogens is 2. The summed E-state index contributed by atoms with van der Waals surface area (Å²) in [6, 6.07) is 3.02. The number of nitrogen functional groups attached to an aromatic ring is 1. The molecule has 17 heavy (non-hydrogen) atoms. The van der Waals surface area contributed by atoms with Crippen LogP contribution in [0.1, 0.15) is 6.42 Å². The van der Waals surface area contributed by atoms with Crippen molar-refractivity contribution in [2.45, 2.75) is 12.5 Å². The monoisotopic (exact) mass is 294 g/mol. The maximum Gasteiger partial charge on any atom is 0.152 e. The first-order valence-electron chi connectivity index (χ1n) is 5.09. The van der Waals surface area contributed by atoms with Gasteiger partial charge in [-0.2, -0.15) is 0 Å². The van der Waals surface area contributed by atoms with Crippen molar-refractivity contribution in [3.8, 4) is 0 Å². The second kappa shape index (κ2) is 4.55. The zero-order valence-corrected chi connectivity index (χ0v) is 11.2. The van der Waals surface area contributed by atoms with Gasteiger partial charge in [0, 0.05) is 11.7 Å². The molecule has 0 spiro atoms. The van der Waals surface area contributed by atoms with Crippen LogP contribution in [0.25, 0.3) is 0 Å². The van der Waals surface area contributed by atoms with Gasteiger partial charge in [0.2, 0.25) is 0 Å². The molecule has 0 amide bonds. The first-order valence-corrected chi connectivity index (χ1v) is 7.66. The van der Waals surface area contributed by atoms with Crippen molar-refractivity contribution in [2.75, 3.05) is 22.6 Å². The number of hydrogen-bond donors (Lipinski definition) is 2. The molecule has 1 unspecified atom stereocenters. The fourth-order valence-corrected chi connectivity index (χ4v) is 4.13. The van der Waals surface area contributed by atoms with E-state index in [1.54, 1.807) is 12.1 Å². The number of sulfone groups is 1. The van der Waals surface area contributed by atoms with Gasteiger partial charge in [0.15, 0.2) is 9.84 Å². The molecule has 0 bridgehead atoms. The maximum atomic E-state index is 11.3. The fourth-order valence-electron chi connectivity index (χ4n) is 1.84. The van der Waals surface area contributed by atoms with Crippen LogP contribution in [0.2, 0.25) is 10.0 Å². The lowest BCUT2D eigenvalue weighted by Gasteiger charge is -2.15. The predicted molar refractivity (Wildman–Crippen MR) is 71.6 cm³/mol. The van der Waals surface area contributed by atoms with Crippen LogP contribution in [0.5, 0.6) is 0 Å². The van der Waals surface area contributed by atoms with Crippen molar-refractivity contribution in [1.29, 1.82) is 0 Å². The molecule has 0 radical (unpaired) electrons. The molecule has 4 nitrogen and oxygen atoms in total. The van der Waals surface area contributed by atoms with Gasteiger partial charge in [-0.3, -0.25) is 0 Å². The van der Waals surface area contributed by atoms with Crippen molar-refractivity contribution in [2.24, 2.45) is 0 Å². The van der Waals surface area contributed by atoms with Crippen LogP contribution in [-0.4, -0.2) is 26.0 Å². The third-order valence-corrected chi connectivity index (χ3v) is 5.01. The Morgan fingerprint density at radius 1 is 1.29 bits per heavy atom. The molecule has 1 aliphatic rings. The number of hydrogen-bond acceptors (Lipinski definition) is 4. The SMILES string of the molecule is Nc1cc(Cl)c(NC2CCS(=O)(=O)C2)c(Cl)c1. The summed E-state index contributed by atoms with van der Waals surface area (Å²) in [6.07, 6.45) is 0.569. The fraction of sp³-hybridized carbons (Fsp3) is 0.400. The van der Waals surface area contributed by atoms with Crippen LogP contribution in [0.4, 0.5) is 11.4 Å². The van der Waals surface area contributed by atoms with Gasteiger partial charge >= 0.3 is 0 Å². The summed E-state index contributed by atoms with van der Waals surface area (Å²) in [4.78, 5) is 0. The minimum absolute atomic E-state index is 0.115. The van der Waals surface area contributed by atoms with E-state index in [9.17, 15) is 8.42 Å². The molecule has 0 aliphatic carbocycles. The maximum absolute atomic E-state index is 11.3. The van der Waals surface area contributed by atoms with E-state index in [4.69, 9.17) is 28.9 Å². The van der Waals surface area contributed by atoms with Crippen molar-refractivity contribution < 1.29 is 8.42 Å². The van der Waals surface area contributed by atoms with Gasteiger partial charge in [-0.05, 0) is 18.6 Å². The van der Waals surface area contributed by atoms with Crippen molar-refractivity contribution in [1.82, 2.24) is 0 Å². The molecular weight excluding hydrogens is 283 g/mol. The molecule has 1 atom stereocenters. The molecule has 1 aliphatic heterocycles. The molecule has 2 rings (SSSR count). The van der Waals surface area contributed by atoms with E-state index in [1.807, 2.05) is 0 Å². The minimum atomic E-state index is -2.92. The summed E-state index contributed by atoms with van der Waals surface area (Å²) >= 11 is 12.0. The second-order valence-corrected chi connectivity index (χ2v) is 7.15. The van der Waals surface area contributed by atoms with Gasteiger partial charge in [0.05, 0.1) is 27.2 Å². The van der Waals surface area contributed by atoms with Crippen molar-refractivity contribution in [3.63, 3.8) is 0 Å². The third kappa shape index (κ3) is 2.97. The van der Waals surface area contributed by atoms with Gasteiger partial charge < -0.3 is 11.1 Å². The van der Waals surface area contributed by atoms with Crippen molar-refractivity contribution in [3.05, 3.63) is 22.2 Å². The molecule has 1 aromatic rings. The largest absolute Gasteiger partial charge is 0.399 e. The summed E-state index contributed by atoms with van der Waals surface area (Å²) in [6.45, 7) is 0. The number of benzene rings is 1. The molecule has 1 saturated heterocycles. The quantitative estimate of drug-likeness (QED) is 0.820. The predicted octanol–water partition coefficient (Wildman–Crippen LogP) is 2.17. The van der Waals surface area contributed by atoms with Crippen LogP contribution in [0.15, 0.2) is 12.1 Å². The lowest BCUT2D eigenvalue weighted by atomic mass is 10.2. The number of nitrogens with two attached hydrogens (primary N) is 1. The summed E-state index contributed by atoms with van der Waals surface area (Å²) in [5.74, 6) is 0.318. The summed E-state index contributed by atoms with van der Waals surface area (Å²) < 4.78 is 22.7. The summed E-state index contributed by atoms with van der Waals surface area (Å²) in [5.41, 5.74) is 6.61. The molecule has 1 fully saturated rings. The minimum Gasteiger partial charge on any atom is -0.399 e. The Morgan fingerprint density at radius 3 is 2.35 bits per heavy atom. The number of nitrogens with one attached hydrogen (secondary N) is 1. The van der Waals surface area contributed by atoms with E-state index >= 15 is 0 Å². The van der Waals surface area contributed by atoms with E-state index in [1.165, 1.54) is 0 Å². The van der Waals surface area contributed by atoms with E-state index in [0.717, 1.165) is 0 Å². The average Bonchev–Trinajstić information content (AvgIpc) is 2.52. The lowest BCUT2D eigenvalue weighted by Crippen LogP contribution is -2.21. The number of rotatable bonds is 2. The highest BCUT2D eigenvalue weighted by Gasteiger charge is 2.28. The topological polar surface area (TPSA) is 72.2 Å². The zero-order chi connectivity index (χ0) is 12.6. The average molecular weight is 295 g/mol. The van der Waals surface area contributed by atoms with Gasteiger partial charge in [0.25, 0.3) is 0 Å². The van der Waals surface area contributed by atoms with E-state index in [2.05, 4.69) is 5.32 Å². The molecular formula is C10H12Cl2N2O2S. The van der Waals surface area contributed by atoms with Crippen LogP contribution >= 0.6 is 23.2 Å². The molecule has 3 N–H and O–H groups in total. The van der Waals surface area contributed by atoms with Gasteiger partial charge in [-0.15, -0.1) is 0 Å². The smallest absolute Gasteiger partial charge is 0.152 e. The summed E-state index contributed by atoms with van der Waals surface area (Å²) in [5, 5.41) is 3.87. The highest BCUT2D eigenvalue weighted by atomic mass is 35.5. The van der Waals surface area contributed by atoms with Crippen LogP contribution < -0.4 is 11.1 Å². The van der Waals surface area contributed by atoms with Crippen LogP contribution in [0, 0.1) is 0 Å². The van der Waals surface area contributed by atoms with Gasteiger partial charge in [-0.25, -0.2) is 8.42 Å². The van der Waals surface area contributed by atoms with E-state index < -0.39 is 9.84 Å². The molecule has 94 valence electrons. The Kier molecular flexibility index (Phi) is 3.43. The Morgan fingerprint density at radius 2 is 1.88 bits per heavy atom. The van der Waals surface area contributed by atoms with Crippen LogP contribution in [0.3, 0.4) is 0 Å². The Labute approximate surface area is 110 Å². The highest BCUT2D eigenvalue weighted by Crippen LogP contribution is 2.34. The third-order valence-electron chi connectivity index (χ3n) is 2.65. The Balaban J connectivity index is 2.20. The molecule has 1 aromatic carbocycles. The zero-order valence-electron chi connectivity index (χ0n) is 8.91. The van der Waals surface area contributed by atoms with Crippen LogP contribution in [-0.2, 0) is 9.84 Å². The molecule has 7 heteroatoms. The lowest BCUT2D eigenvalue weighted by molar-refractivity contribution is 0.602.